The Labute approximate surface area is 108 Å². The van der Waals surface area contributed by atoms with Crippen LogP contribution in [0.3, 0.4) is 0 Å². The fraction of sp³-hybridized carbons (Fsp3) is 0.188. The van der Waals surface area contributed by atoms with Crippen molar-refractivity contribution in [2.75, 3.05) is 6.54 Å². The molecule has 0 heterocycles. The highest BCUT2D eigenvalue weighted by Gasteiger charge is 1.99. The molecule has 2 nitrogen and oxygen atoms in total. The average Bonchev–Trinajstić information content (AvgIpc) is 2.45. The van der Waals surface area contributed by atoms with E-state index in [4.69, 9.17) is 5.26 Å². The Bertz CT molecular complexity index is 526. The van der Waals surface area contributed by atoms with Gasteiger partial charge in [0.05, 0.1) is 11.6 Å². The second kappa shape index (κ2) is 6.58. The number of rotatable bonds is 5. The number of nitrogens with one attached hydrogen (secondary N) is 1. The second-order valence-electron chi connectivity index (χ2n) is 4.18. The lowest BCUT2D eigenvalue weighted by Crippen LogP contribution is -2.17. The van der Waals surface area contributed by atoms with E-state index in [0.717, 1.165) is 30.6 Å². The van der Waals surface area contributed by atoms with Crippen LogP contribution in [0.5, 0.6) is 0 Å². The van der Waals surface area contributed by atoms with Crippen molar-refractivity contribution >= 4 is 0 Å². The van der Waals surface area contributed by atoms with Crippen molar-refractivity contribution < 1.29 is 0 Å². The molecular formula is C16H16N2. The van der Waals surface area contributed by atoms with E-state index in [1.165, 1.54) is 5.56 Å². The number of benzene rings is 2. The normalized spacial score (nSPS) is 9.94. The zero-order valence-corrected chi connectivity index (χ0v) is 10.3. The van der Waals surface area contributed by atoms with E-state index in [-0.39, 0.29) is 0 Å². The van der Waals surface area contributed by atoms with Gasteiger partial charge in [-0.15, -0.1) is 0 Å². The third-order valence-corrected chi connectivity index (χ3v) is 2.89. The van der Waals surface area contributed by atoms with Crippen molar-refractivity contribution in [3.05, 3.63) is 71.3 Å². The van der Waals surface area contributed by atoms with Gasteiger partial charge in [-0.2, -0.15) is 5.26 Å². The van der Waals surface area contributed by atoms with Crippen LogP contribution >= 0.6 is 0 Å². The summed E-state index contributed by atoms with van der Waals surface area (Å²) >= 11 is 0. The Balaban J connectivity index is 1.81. The van der Waals surface area contributed by atoms with E-state index < -0.39 is 0 Å². The molecule has 2 rings (SSSR count). The van der Waals surface area contributed by atoms with Gasteiger partial charge in [-0.25, -0.2) is 0 Å². The molecule has 0 spiro atoms. The molecule has 0 radical (unpaired) electrons. The Kier molecular flexibility index (Phi) is 4.52. The van der Waals surface area contributed by atoms with Crippen LogP contribution in [-0.2, 0) is 13.0 Å². The first kappa shape index (κ1) is 12.3. The maximum atomic E-state index is 8.98. The van der Waals surface area contributed by atoms with Crippen LogP contribution in [0, 0.1) is 11.3 Å². The first-order chi connectivity index (χ1) is 8.90. The highest BCUT2D eigenvalue weighted by Crippen LogP contribution is 2.06. The van der Waals surface area contributed by atoms with Gasteiger partial charge in [0.25, 0.3) is 0 Å². The first-order valence-corrected chi connectivity index (χ1v) is 6.13. The van der Waals surface area contributed by atoms with E-state index in [1.54, 1.807) is 0 Å². The largest absolute Gasteiger partial charge is 0.312 e. The van der Waals surface area contributed by atoms with Crippen LogP contribution in [0.25, 0.3) is 0 Å². The fourth-order valence-corrected chi connectivity index (χ4v) is 1.88. The molecule has 2 aromatic rings. The molecule has 0 aliphatic heterocycles. The van der Waals surface area contributed by atoms with Crippen molar-refractivity contribution in [3.63, 3.8) is 0 Å². The molecule has 0 atom stereocenters. The van der Waals surface area contributed by atoms with Gasteiger partial charge < -0.3 is 5.32 Å². The molecule has 0 saturated heterocycles. The van der Waals surface area contributed by atoms with Crippen LogP contribution in [-0.4, -0.2) is 6.54 Å². The fourth-order valence-electron chi connectivity index (χ4n) is 1.88. The molecule has 0 aromatic heterocycles. The van der Waals surface area contributed by atoms with Crippen LogP contribution < -0.4 is 5.32 Å². The predicted molar refractivity (Wildman–Crippen MR) is 73.0 cm³/mol. The van der Waals surface area contributed by atoms with Gasteiger partial charge in [0.1, 0.15) is 0 Å². The number of nitrogens with zero attached hydrogens (tertiary/aromatic N) is 1. The highest BCUT2D eigenvalue weighted by molar-refractivity contribution is 5.37. The summed E-state index contributed by atoms with van der Waals surface area (Å²) in [6, 6.07) is 20.3. The molecule has 0 bridgehead atoms. The van der Waals surface area contributed by atoms with Crippen LogP contribution in [0.2, 0.25) is 0 Å². The van der Waals surface area contributed by atoms with Gasteiger partial charge in [-0.05, 0) is 30.2 Å². The second-order valence-corrected chi connectivity index (χ2v) is 4.18. The highest BCUT2D eigenvalue weighted by atomic mass is 14.8. The molecule has 0 amide bonds. The van der Waals surface area contributed by atoms with E-state index in [1.807, 2.05) is 30.3 Å². The quantitative estimate of drug-likeness (QED) is 0.810. The zero-order valence-electron chi connectivity index (χ0n) is 10.3. The lowest BCUT2D eigenvalue weighted by molar-refractivity contribution is 0.686. The van der Waals surface area contributed by atoms with Crippen molar-refractivity contribution in [1.29, 1.82) is 5.26 Å². The van der Waals surface area contributed by atoms with Crippen molar-refractivity contribution in [3.8, 4) is 6.07 Å². The van der Waals surface area contributed by atoms with Crippen LogP contribution in [0.15, 0.2) is 54.6 Å². The minimum atomic E-state index is 0.747. The van der Waals surface area contributed by atoms with Crippen molar-refractivity contribution in [1.82, 2.24) is 5.32 Å². The van der Waals surface area contributed by atoms with Crippen LogP contribution in [0.1, 0.15) is 16.7 Å². The van der Waals surface area contributed by atoms with Gasteiger partial charge in [0.15, 0.2) is 0 Å². The van der Waals surface area contributed by atoms with Crippen LogP contribution in [0.4, 0.5) is 0 Å². The van der Waals surface area contributed by atoms with E-state index in [9.17, 15) is 0 Å². The Hall–Kier alpha value is -2.11. The minimum Gasteiger partial charge on any atom is -0.312 e. The third-order valence-electron chi connectivity index (χ3n) is 2.89. The Morgan fingerprint density at radius 1 is 0.944 bits per heavy atom. The molecular weight excluding hydrogens is 220 g/mol. The summed E-state index contributed by atoms with van der Waals surface area (Å²) in [5.74, 6) is 0. The van der Waals surface area contributed by atoms with Gasteiger partial charge in [0.2, 0.25) is 0 Å². The monoisotopic (exact) mass is 236 g/mol. The number of hydrogen-bond donors (Lipinski definition) is 1. The molecule has 2 heteroatoms. The number of nitriles is 1. The standard InChI is InChI=1S/C16H16N2/c17-12-15-8-4-5-9-16(15)13-18-11-10-14-6-2-1-3-7-14/h1-9,18H,10-11,13H2. The zero-order chi connectivity index (χ0) is 12.6. The van der Waals surface area contributed by atoms with Gasteiger partial charge >= 0.3 is 0 Å². The average molecular weight is 236 g/mol. The first-order valence-electron chi connectivity index (χ1n) is 6.13. The van der Waals surface area contributed by atoms with E-state index >= 15 is 0 Å². The molecule has 18 heavy (non-hydrogen) atoms. The maximum Gasteiger partial charge on any atom is 0.0995 e. The Morgan fingerprint density at radius 3 is 2.44 bits per heavy atom. The SMILES string of the molecule is N#Cc1ccccc1CNCCc1ccccc1. The summed E-state index contributed by atoms with van der Waals surface area (Å²) in [6.45, 7) is 1.67. The molecule has 0 saturated carbocycles. The molecule has 0 aliphatic carbocycles. The maximum absolute atomic E-state index is 8.98. The number of hydrogen-bond acceptors (Lipinski definition) is 2. The summed E-state index contributed by atoms with van der Waals surface area (Å²) in [5, 5.41) is 12.3. The topological polar surface area (TPSA) is 35.8 Å². The van der Waals surface area contributed by atoms with Gasteiger partial charge in [-0.3, -0.25) is 0 Å². The molecule has 0 unspecified atom stereocenters. The molecule has 0 fully saturated rings. The van der Waals surface area contributed by atoms with E-state index in [0.29, 0.717) is 0 Å². The van der Waals surface area contributed by atoms with E-state index in [2.05, 4.69) is 35.7 Å². The van der Waals surface area contributed by atoms with Crippen molar-refractivity contribution in [2.45, 2.75) is 13.0 Å². The predicted octanol–water partition coefficient (Wildman–Crippen LogP) is 2.89. The third kappa shape index (κ3) is 3.44. The molecule has 1 N–H and O–H groups in total. The van der Waals surface area contributed by atoms with Gasteiger partial charge in [-0.1, -0.05) is 48.5 Å². The summed E-state index contributed by atoms with van der Waals surface area (Å²) in [6.07, 6.45) is 1.01. The minimum absolute atomic E-state index is 0.747. The smallest absolute Gasteiger partial charge is 0.0995 e. The molecule has 0 aliphatic rings. The molecule has 2 aromatic carbocycles. The Morgan fingerprint density at radius 2 is 1.67 bits per heavy atom. The summed E-state index contributed by atoms with van der Waals surface area (Å²) in [7, 11) is 0. The summed E-state index contributed by atoms with van der Waals surface area (Å²) in [5.41, 5.74) is 3.15. The summed E-state index contributed by atoms with van der Waals surface area (Å²) < 4.78 is 0. The summed E-state index contributed by atoms with van der Waals surface area (Å²) in [4.78, 5) is 0. The van der Waals surface area contributed by atoms with Gasteiger partial charge in [0, 0.05) is 6.54 Å². The lowest BCUT2D eigenvalue weighted by Gasteiger charge is -2.06. The van der Waals surface area contributed by atoms with Crippen molar-refractivity contribution in [2.24, 2.45) is 0 Å². The molecule has 90 valence electrons. The lowest BCUT2D eigenvalue weighted by atomic mass is 10.1.